The Bertz CT molecular complexity index is 1180. The number of nitrogens with one attached hydrogen (secondary N) is 4. The summed E-state index contributed by atoms with van der Waals surface area (Å²) in [5, 5.41) is 10.8. The lowest BCUT2D eigenvalue weighted by molar-refractivity contribution is -0.157. The Morgan fingerprint density at radius 1 is 1.12 bits per heavy atom. The van der Waals surface area contributed by atoms with Crippen molar-refractivity contribution in [2.24, 2.45) is 4.99 Å². The van der Waals surface area contributed by atoms with Crippen molar-refractivity contribution in [3.63, 3.8) is 0 Å². The van der Waals surface area contributed by atoms with Gasteiger partial charge in [-0.25, -0.2) is 19.2 Å². The van der Waals surface area contributed by atoms with Crippen LogP contribution in [0.5, 0.6) is 0 Å². The monoisotopic (exact) mass is 573 g/mol. The van der Waals surface area contributed by atoms with Gasteiger partial charge in [-0.15, -0.1) is 0 Å². The molecule has 5 amide bonds. The molecule has 41 heavy (non-hydrogen) atoms. The Morgan fingerprint density at radius 3 is 2.51 bits per heavy atom. The van der Waals surface area contributed by atoms with Gasteiger partial charge < -0.3 is 35.6 Å². The number of hydrogen-bond acceptors (Lipinski definition) is 11. The van der Waals surface area contributed by atoms with E-state index < -0.39 is 60.6 Å². The molecule has 2 aliphatic heterocycles. The number of imide groups is 1. The fourth-order valence-corrected chi connectivity index (χ4v) is 3.79. The zero-order valence-corrected chi connectivity index (χ0v) is 23.2. The van der Waals surface area contributed by atoms with Gasteiger partial charge >= 0.3 is 24.1 Å². The van der Waals surface area contributed by atoms with E-state index in [4.69, 9.17) is 9.47 Å². The average molecular weight is 574 g/mol. The lowest BCUT2D eigenvalue weighted by Crippen LogP contribution is -2.52. The van der Waals surface area contributed by atoms with E-state index in [1.54, 1.807) is 39.0 Å². The molecule has 1 fully saturated rings. The van der Waals surface area contributed by atoms with Crippen molar-refractivity contribution in [2.75, 3.05) is 45.8 Å². The molecular formula is C26H35N7O8. The van der Waals surface area contributed by atoms with E-state index >= 15 is 0 Å². The molecule has 0 radical (unpaired) electrons. The van der Waals surface area contributed by atoms with Crippen LogP contribution < -0.4 is 21.3 Å². The molecule has 0 spiro atoms. The van der Waals surface area contributed by atoms with E-state index in [0.717, 1.165) is 11.4 Å². The van der Waals surface area contributed by atoms with Crippen molar-refractivity contribution in [1.29, 1.82) is 0 Å². The second kappa shape index (κ2) is 14.1. The fourth-order valence-electron chi connectivity index (χ4n) is 3.79. The van der Waals surface area contributed by atoms with Crippen LogP contribution in [0, 0.1) is 0 Å². The Balaban J connectivity index is 1.50. The third-order valence-electron chi connectivity index (χ3n) is 5.68. The van der Waals surface area contributed by atoms with Crippen LogP contribution in [0.15, 0.2) is 35.3 Å². The molecule has 0 bridgehead atoms. The molecule has 1 saturated heterocycles. The van der Waals surface area contributed by atoms with Crippen LogP contribution in [0.25, 0.3) is 0 Å². The minimum Gasteiger partial charge on any atom is -0.458 e. The number of benzene rings is 1. The maximum absolute atomic E-state index is 12.7. The summed E-state index contributed by atoms with van der Waals surface area (Å²) in [7, 11) is 0. The zero-order valence-electron chi connectivity index (χ0n) is 23.2. The highest BCUT2D eigenvalue weighted by Crippen LogP contribution is 2.11. The summed E-state index contributed by atoms with van der Waals surface area (Å²) >= 11 is 0. The second-order valence-corrected chi connectivity index (χ2v) is 10.2. The first-order valence-electron chi connectivity index (χ1n) is 13.1. The topological polar surface area (TPSA) is 188 Å². The van der Waals surface area contributed by atoms with Gasteiger partial charge in [0, 0.05) is 26.2 Å². The standard InChI is InChI=1S/C26H35N7O8/c1-26(2,3)41-22(37)18(31-24(38)40-21(36)17-8-5-4-6-9-17)14-30-19(34)15-33-20(35)16-32(25(33)39)13-7-10-27-23-28-11-12-29-23/h4-6,8-9,18H,7,10-16H2,1-3H3,(H,30,34)(H,31,38)(H2,27,28,29). The number of hydrogen-bond donors (Lipinski definition) is 4. The van der Waals surface area contributed by atoms with Gasteiger partial charge in [0.15, 0.2) is 5.96 Å². The molecule has 3 rings (SSSR count). The van der Waals surface area contributed by atoms with Crippen LogP contribution in [0.3, 0.4) is 0 Å². The summed E-state index contributed by atoms with van der Waals surface area (Å²) in [6.07, 6.45) is -0.666. The van der Waals surface area contributed by atoms with Crippen LogP contribution in [-0.4, -0.2) is 109 Å². The number of alkyl carbamates (subject to hydrolysis) is 1. The SMILES string of the molecule is CC(C)(C)OC(=O)C(CNC(=O)CN1C(=O)CN(CCCNC2=NCCN2)C1=O)NC(=O)OC(=O)c1ccccc1. The summed E-state index contributed by atoms with van der Waals surface area (Å²) in [6, 6.07) is 5.72. The first kappa shape index (κ1) is 30.8. The van der Waals surface area contributed by atoms with Crippen LogP contribution in [-0.2, 0) is 23.9 Å². The summed E-state index contributed by atoms with van der Waals surface area (Å²) in [5.41, 5.74) is -0.797. The highest BCUT2D eigenvalue weighted by Gasteiger charge is 2.37. The van der Waals surface area contributed by atoms with E-state index in [-0.39, 0.29) is 12.1 Å². The third-order valence-corrected chi connectivity index (χ3v) is 5.68. The predicted octanol–water partition coefficient (Wildman–Crippen LogP) is -0.417. The Morgan fingerprint density at radius 2 is 1.85 bits per heavy atom. The van der Waals surface area contributed by atoms with E-state index in [9.17, 15) is 28.8 Å². The Hall–Kier alpha value is -4.69. The van der Waals surface area contributed by atoms with Crippen molar-refractivity contribution in [3.8, 4) is 0 Å². The van der Waals surface area contributed by atoms with E-state index in [1.807, 2.05) is 0 Å². The van der Waals surface area contributed by atoms with Crippen molar-refractivity contribution in [3.05, 3.63) is 35.9 Å². The van der Waals surface area contributed by atoms with Gasteiger partial charge in [-0.2, -0.15) is 0 Å². The van der Waals surface area contributed by atoms with Gasteiger partial charge in [-0.05, 0) is 39.3 Å². The van der Waals surface area contributed by atoms with Crippen LogP contribution >= 0.6 is 0 Å². The number of carbonyl (C=O) groups excluding carboxylic acids is 6. The number of aliphatic imine (C=N–C) groups is 1. The molecule has 15 heteroatoms. The molecule has 15 nitrogen and oxygen atoms in total. The minimum atomic E-state index is -1.43. The van der Waals surface area contributed by atoms with Gasteiger partial charge in [0.05, 0.1) is 12.1 Å². The van der Waals surface area contributed by atoms with E-state index in [0.29, 0.717) is 32.0 Å². The summed E-state index contributed by atoms with van der Waals surface area (Å²) in [4.78, 5) is 81.3. The zero-order chi connectivity index (χ0) is 30.0. The second-order valence-electron chi connectivity index (χ2n) is 10.2. The summed E-state index contributed by atoms with van der Waals surface area (Å²) in [6.45, 7) is 5.97. The van der Waals surface area contributed by atoms with Gasteiger partial charge in [-0.1, -0.05) is 18.2 Å². The number of nitrogens with zero attached hydrogens (tertiary/aromatic N) is 3. The van der Waals surface area contributed by atoms with E-state index in [2.05, 4.69) is 26.3 Å². The number of urea groups is 1. The number of amides is 5. The molecule has 0 aliphatic carbocycles. The number of carbonyl (C=O) groups is 6. The van der Waals surface area contributed by atoms with E-state index in [1.165, 1.54) is 17.0 Å². The third kappa shape index (κ3) is 9.77. The number of ether oxygens (including phenoxy) is 2. The Kier molecular flexibility index (Phi) is 10.6. The highest BCUT2D eigenvalue weighted by molar-refractivity contribution is 6.04. The van der Waals surface area contributed by atoms with Crippen LogP contribution in [0.1, 0.15) is 37.6 Å². The fraction of sp³-hybridized carbons (Fsp3) is 0.500. The molecule has 222 valence electrons. The minimum absolute atomic E-state index is 0.121. The van der Waals surface area contributed by atoms with Crippen molar-refractivity contribution in [1.82, 2.24) is 31.1 Å². The molecule has 1 aromatic carbocycles. The van der Waals surface area contributed by atoms with Crippen molar-refractivity contribution >= 4 is 41.8 Å². The normalized spacial score (nSPS) is 15.5. The molecule has 1 unspecified atom stereocenters. The maximum atomic E-state index is 12.7. The summed E-state index contributed by atoms with van der Waals surface area (Å²) < 4.78 is 10.0. The molecular weight excluding hydrogens is 538 g/mol. The molecule has 4 N–H and O–H groups in total. The van der Waals surface area contributed by atoms with Crippen LogP contribution in [0.2, 0.25) is 0 Å². The van der Waals surface area contributed by atoms with Gasteiger partial charge in [-0.3, -0.25) is 19.5 Å². The van der Waals surface area contributed by atoms with Crippen molar-refractivity contribution < 1.29 is 38.2 Å². The Labute approximate surface area is 237 Å². The lowest BCUT2D eigenvalue weighted by Gasteiger charge is -2.24. The van der Waals surface area contributed by atoms with Gasteiger partial charge in [0.2, 0.25) is 5.91 Å². The molecule has 2 heterocycles. The first-order chi connectivity index (χ1) is 19.4. The predicted molar refractivity (Wildman–Crippen MR) is 145 cm³/mol. The van der Waals surface area contributed by atoms with Gasteiger partial charge in [0.25, 0.3) is 5.91 Å². The van der Waals surface area contributed by atoms with Crippen molar-refractivity contribution in [2.45, 2.75) is 38.8 Å². The highest BCUT2D eigenvalue weighted by atomic mass is 16.6. The van der Waals surface area contributed by atoms with Crippen LogP contribution in [0.4, 0.5) is 9.59 Å². The summed E-state index contributed by atoms with van der Waals surface area (Å²) in [5.74, 6) is -2.42. The lowest BCUT2D eigenvalue weighted by atomic mass is 10.2. The molecule has 0 aromatic heterocycles. The maximum Gasteiger partial charge on any atom is 0.415 e. The van der Waals surface area contributed by atoms with Gasteiger partial charge in [0.1, 0.15) is 24.7 Å². The molecule has 2 aliphatic rings. The molecule has 0 saturated carbocycles. The molecule has 1 atom stereocenters. The number of guanidine groups is 1. The first-order valence-corrected chi connectivity index (χ1v) is 13.1. The average Bonchev–Trinajstić information content (AvgIpc) is 3.52. The molecule has 1 aromatic rings. The number of esters is 2. The smallest absolute Gasteiger partial charge is 0.415 e. The quantitative estimate of drug-likeness (QED) is 0.117. The number of rotatable bonds is 11. The largest absolute Gasteiger partial charge is 0.458 e.